The van der Waals surface area contributed by atoms with Crippen LogP contribution in [-0.4, -0.2) is 51.2 Å². The Bertz CT molecular complexity index is 901. The molecule has 3 heterocycles. The van der Waals surface area contributed by atoms with Crippen LogP contribution in [0.2, 0.25) is 0 Å². The molecule has 0 spiro atoms. The van der Waals surface area contributed by atoms with Crippen LogP contribution in [0.5, 0.6) is 0 Å². The molecule has 122 valence electrons. The normalized spacial score (nSPS) is 18.8. The van der Waals surface area contributed by atoms with E-state index in [1.54, 1.807) is 0 Å². The number of nitrogen functional groups attached to an aromatic ring is 1. The van der Waals surface area contributed by atoms with E-state index in [0.717, 1.165) is 4.90 Å². The molecule has 1 aliphatic heterocycles. The molecule has 1 aliphatic rings. The van der Waals surface area contributed by atoms with Crippen LogP contribution in [0.3, 0.4) is 0 Å². The molecule has 0 aliphatic carbocycles. The molecule has 1 amide bonds. The zero-order chi connectivity index (χ0) is 16.8. The predicted octanol–water partition coefficient (Wildman–Crippen LogP) is -2.11. The lowest BCUT2D eigenvalue weighted by molar-refractivity contribution is -0.117. The standard InChI is InChI=1S/C11H13N7O4S/c12-11-16-9-8(15-5(4-19)2-14-9)10(17-11)18-3-6(1-7(18)20)23(13,21)22/h2,6,19H,1,3-4H2,(H2,13,21,22)(H2,12,14,16,17). The summed E-state index contributed by atoms with van der Waals surface area (Å²) in [5.74, 6) is -0.559. The summed E-state index contributed by atoms with van der Waals surface area (Å²) in [5, 5.41) is 13.2. The Labute approximate surface area is 130 Å². The van der Waals surface area contributed by atoms with Crippen molar-refractivity contribution in [1.82, 2.24) is 19.9 Å². The van der Waals surface area contributed by atoms with Gasteiger partial charge in [-0.1, -0.05) is 0 Å². The van der Waals surface area contributed by atoms with Crippen molar-refractivity contribution >= 4 is 38.9 Å². The number of amides is 1. The van der Waals surface area contributed by atoms with E-state index in [-0.39, 0.29) is 48.2 Å². The largest absolute Gasteiger partial charge is 0.390 e. The first-order valence-corrected chi connectivity index (χ1v) is 8.12. The molecule has 1 unspecified atom stereocenters. The number of primary sulfonamides is 1. The number of aliphatic hydroxyl groups excluding tert-OH is 1. The fraction of sp³-hybridized carbons (Fsp3) is 0.364. The summed E-state index contributed by atoms with van der Waals surface area (Å²) >= 11 is 0. The molecule has 0 aromatic carbocycles. The third kappa shape index (κ3) is 2.78. The average Bonchev–Trinajstić information content (AvgIpc) is 2.88. The second kappa shape index (κ2) is 5.33. The molecule has 3 rings (SSSR count). The summed E-state index contributed by atoms with van der Waals surface area (Å²) in [7, 11) is -3.87. The Kier molecular flexibility index (Phi) is 3.58. The van der Waals surface area contributed by atoms with E-state index >= 15 is 0 Å². The van der Waals surface area contributed by atoms with Gasteiger partial charge < -0.3 is 10.8 Å². The quantitative estimate of drug-likeness (QED) is 0.564. The summed E-state index contributed by atoms with van der Waals surface area (Å²) in [6, 6.07) is 0. The molecule has 1 atom stereocenters. The monoisotopic (exact) mass is 339 g/mol. The first-order chi connectivity index (χ1) is 10.8. The average molecular weight is 339 g/mol. The van der Waals surface area contributed by atoms with Crippen LogP contribution < -0.4 is 15.8 Å². The maximum absolute atomic E-state index is 12.1. The van der Waals surface area contributed by atoms with E-state index in [9.17, 15) is 13.2 Å². The summed E-state index contributed by atoms with van der Waals surface area (Å²) < 4.78 is 22.9. The van der Waals surface area contributed by atoms with Crippen molar-refractivity contribution in [3.05, 3.63) is 11.9 Å². The molecule has 2 aromatic heterocycles. The van der Waals surface area contributed by atoms with Crippen molar-refractivity contribution in [1.29, 1.82) is 0 Å². The van der Waals surface area contributed by atoms with Gasteiger partial charge in [-0.05, 0) is 0 Å². The lowest BCUT2D eigenvalue weighted by atomic mass is 10.4. The lowest BCUT2D eigenvalue weighted by Crippen LogP contribution is -2.32. The molecule has 1 fully saturated rings. The van der Waals surface area contributed by atoms with Gasteiger partial charge in [-0.3, -0.25) is 9.69 Å². The molecular formula is C11H13N7O4S. The Morgan fingerprint density at radius 1 is 1.35 bits per heavy atom. The SMILES string of the molecule is Nc1nc(N2CC(S(N)(=O)=O)CC2=O)c2nc(CO)cnc2n1. The predicted molar refractivity (Wildman–Crippen MR) is 79.3 cm³/mol. The van der Waals surface area contributed by atoms with Crippen LogP contribution in [-0.2, 0) is 21.4 Å². The fourth-order valence-corrected chi connectivity index (χ4v) is 3.04. The van der Waals surface area contributed by atoms with Gasteiger partial charge in [0.05, 0.1) is 18.5 Å². The second-order valence-corrected chi connectivity index (χ2v) is 6.86. The van der Waals surface area contributed by atoms with E-state index in [2.05, 4.69) is 19.9 Å². The Hall–Kier alpha value is -2.44. The number of hydrogen-bond donors (Lipinski definition) is 3. The van der Waals surface area contributed by atoms with Crippen LogP contribution in [0.4, 0.5) is 11.8 Å². The zero-order valence-corrected chi connectivity index (χ0v) is 12.6. The van der Waals surface area contributed by atoms with E-state index in [1.165, 1.54) is 6.20 Å². The number of fused-ring (bicyclic) bond motifs is 1. The molecule has 12 heteroatoms. The van der Waals surface area contributed by atoms with Crippen molar-refractivity contribution < 1.29 is 18.3 Å². The molecule has 23 heavy (non-hydrogen) atoms. The van der Waals surface area contributed by atoms with Gasteiger partial charge in [-0.15, -0.1) is 0 Å². The first kappa shape index (κ1) is 15.5. The van der Waals surface area contributed by atoms with E-state index in [4.69, 9.17) is 16.0 Å². The van der Waals surface area contributed by atoms with Crippen LogP contribution >= 0.6 is 0 Å². The van der Waals surface area contributed by atoms with Crippen molar-refractivity contribution in [2.24, 2.45) is 5.14 Å². The van der Waals surface area contributed by atoms with Crippen LogP contribution in [0.1, 0.15) is 12.1 Å². The summed E-state index contributed by atoms with van der Waals surface area (Å²) in [5.41, 5.74) is 6.14. The van der Waals surface area contributed by atoms with Gasteiger partial charge >= 0.3 is 0 Å². The van der Waals surface area contributed by atoms with Crippen LogP contribution in [0, 0.1) is 0 Å². The molecular weight excluding hydrogens is 326 g/mol. The van der Waals surface area contributed by atoms with Crippen LogP contribution in [0.15, 0.2) is 6.20 Å². The number of hydrogen-bond acceptors (Lipinski definition) is 9. The van der Waals surface area contributed by atoms with E-state index in [0.29, 0.717) is 0 Å². The third-order valence-electron chi connectivity index (χ3n) is 3.43. The van der Waals surface area contributed by atoms with Gasteiger partial charge in [-0.25, -0.2) is 23.5 Å². The second-order valence-electron chi connectivity index (χ2n) is 5.02. The van der Waals surface area contributed by atoms with Gasteiger partial charge in [-0.2, -0.15) is 9.97 Å². The number of aromatic nitrogens is 4. The number of aliphatic hydroxyl groups is 1. The smallest absolute Gasteiger partial charge is 0.229 e. The summed E-state index contributed by atoms with van der Waals surface area (Å²) in [6.07, 6.45) is 1.06. The molecule has 0 bridgehead atoms. The highest BCUT2D eigenvalue weighted by atomic mass is 32.2. The molecule has 0 radical (unpaired) electrons. The lowest BCUT2D eigenvalue weighted by Gasteiger charge is -2.16. The van der Waals surface area contributed by atoms with Gasteiger partial charge in [0.1, 0.15) is 5.25 Å². The summed E-state index contributed by atoms with van der Waals surface area (Å²) in [6.45, 7) is -0.519. The number of anilines is 2. The minimum atomic E-state index is -3.87. The maximum Gasteiger partial charge on any atom is 0.229 e. The fourth-order valence-electron chi connectivity index (χ4n) is 2.31. The molecule has 2 aromatic rings. The summed E-state index contributed by atoms with van der Waals surface area (Å²) in [4.78, 5) is 29.3. The van der Waals surface area contributed by atoms with Crippen molar-refractivity contribution in [2.75, 3.05) is 17.2 Å². The number of sulfonamides is 1. The van der Waals surface area contributed by atoms with Crippen molar-refractivity contribution in [3.8, 4) is 0 Å². The highest BCUT2D eigenvalue weighted by Gasteiger charge is 2.39. The molecule has 0 saturated carbocycles. The Morgan fingerprint density at radius 3 is 2.70 bits per heavy atom. The Morgan fingerprint density at radius 2 is 2.09 bits per heavy atom. The number of nitrogens with two attached hydrogens (primary N) is 2. The van der Waals surface area contributed by atoms with Crippen molar-refractivity contribution in [3.63, 3.8) is 0 Å². The highest BCUT2D eigenvalue weighted by Crippen LogP contribution is 2.28. The maximum atomic E-state index is 12.1. The van der Waals surface area contributed by atoms with Crippen molar-refractivity contribution in [2.45, 2.75) is 18.3 Å². The molecule has 5 N–H and O–H groups in total. The topological polar surface area (TPSA) is 178 Å². The van der Waals surface area contributed by atoms with Gasteiger partial charge in [0, 0.05) is 13.0 Å². The zero-order valence-electron chi connectivity index (χ0n) is 11.7. The number of carbonyl (C=O) groups is 1. The number of rotatable bonds is 3. The molecule has 11 nitrogen and oxygen atoms in total. The van der Waals surface area contributed by atoms with E-state index < -0.39 is 21.2 Å². The first-order valence-electron chi connectivity index (χ1n) is 6.51. The number of nitrogens with zero attached hydrogens (tertiary/aromatic N) is 5. The van der Waals surface area contributed by atoms with Gasteiger partial charge in [0.2, 0.25) is 21.9 Å². The van der Waals surface area contributed by atoms with Crippen LogP contribution in [0.25, 0.3) is 11.2 Å². The van der Waals surface area contributed by atoms with Gasteiger partial charge in [0.15, 0.2) is 17.0 Å². The highest BCUT2D eigenvalue weighted by molar-refractivity contribution is 7.89. The minimum absolute atomic E-state index is 0.0476. The van der Waals surface area contributed by atoms with Gasteiger partial charge in [0.25, 0.3) is 0 Å². The molecule has 1 saturated heterocycles. The Balaban J connectivity index is 2.14. The van der Waals surface area contributed by atoms with E-state index in [1.807, 2.05) is 0 Å². The number of carbonyl (C=O) groups excluding carboxylic acids is 1. The third-order valence-corrected chi connectivity index (χ3v) is 4.67. The minimum Gasteiger partial charge on any atom is -0.390 e.